The number of methoxy groups -OCH3 is 4. The second-order valence-electron chi connectivity index (χ2n) is 7.14. The van der Waals surface area contributed by atoms with Crippen molar-refractivity contribution in [1.82, 2.24) is 4.90 Å². The Kier molecular flexibility index (Phi) is 6.04. The zero-order valence-corrected chi connectivity index (χ0v) is 18.8. The number of benzene rings is 2. The first-order chi connectivity index (χ1) is 15.1. The zero-order valence-electron chi connectivity index (χ0n) is 18.0. The van der Waals surface area contributed by atoms with Gasteiger partial charge in [0.1, 0.15) is 11.5 Å². The van der Waals surface area contributed by atoms with Gasteiger partial charge in [0.05, 0.1) is 40.0 Å². The minimum Gasteiger partial charge on any atom is -0.497 e. The Labute approximate surface area is 185 Å². The lowest BCUT2D eigenvalue weighted by Gasteiger charge is -2.37. The van der Waals surface area contributed by atoms with E-state index in [0.29, 0.717) is 35.1 Å². The van der Waals surface area contributed by atoms with Gasteiger partial charge in [0.15, 0.2) is 11.5 Å². The average molecular weight is 440 g/mol. The molecule has 1 unspecified atom stereocenters. The molecule has 6 nitrogen and oxygen atoms in total. The van der Waals surface area contributed by atoms with Crippen LogP contribution in [0.2, 0.25) is 0 Å². The molecule has 0 aliphatic carbocycles. The van der Waals surface area contributed by atoms with Crippen LogP contribution in [0.4, 0.5) is 0 Å². The van der Waals surface area contributed by atoms with Gasteiger partial charge in [-0.2, -0.15) is 0 Å². The van der Waals surface area contributed by atoms with Crippen molar-refractivity contribution < 1.29 is 23.7 Å². The highest BCUT2D eigenvalue weighted by molar-refractivity contribution is 7.10. The van der Waals surface area contributed by atoms with E-state index in [1.807, 2.05) is 28.5 Å². The monoisotopic (exact) mass is 439 g/mol. The van der Waals surface area contributed by atoms with Crippen LogP contribution in [0.5, 0.6) is 23.0 Å². The molecular formula is C24H25NO5S. The fraction of sp³-hybridized carbons (Fsp3) is 0.292. The predicted octanol–water partition coefficient (Wildman–Crippen LogP) is 4.57. The first-order valence-corrected chi connectivity index (χ1v) is 10.8. The Morgan fingerprint density at radius 1 is 0.935 bits per heavy atom. The summed E-state index contributed by atoms with van der Waals surface area (Å²) < 4.78 is 21.8. The summed E-state index contributed by atoms with van der Waals surface area (Å²) in [6, 6.07) is 13.1. The molecule has 1 aliphatic heterocycles. The minimum atomic E-state index is -0.220. The quantitative estimate of drug-likeness (QED) is 0.563. The molecule has 2 aromatic carbocycles. The third-order valence-electron chi connectivity index (χ3n) is 5.59. The normalized spacial score (nSPS) is 15.2. The Morgan fingerprint density at radius 2 is 1.68 bits per heavy atom. The van der Waals surface area contributed by atoms with Crippen LogP contribution in [0.3, 0.4) is 0 Å². The fourth-order valence-corrected chi connectivity index (χ4v) is 4.90. The first kappa shape index (κ1) is 21.1. The van der Waals surface area contributed by atoms with Crippen molar-refractivity contribution in [2.45, 2.75) is 12.5 Å². The molecule has 7 heteroatoms. The number of fused-ring (bicyclic) bond motifs is 1. The van der Waals surface area contributed by atoms with Crippen LogP contribution in [0.25, 0.3) is 0 Å². The van der Waals surface area contributed by atoms with Gasteiger partial charge in [-0.25, -0.2) is 0 Å². The van der Waals surface area contributed by atoms with Crippen molar-refractivity contribution in [1.29, 1.82) is 0 Å². The predicted molar refractivity (Wildman–Crippen MR) is 120 cm³/mol. The maximum absolute atomic E-state index is 13.7. The molecule has 0 N–H and O–H groups in total. The number of rotatable bonds is 6. The lowest BCUT2D eigenvalue weighted by Crippen LogP contribution is -2.40. The van der Waals surface area contributed by atoms with Gasteiger partial charge in [0, 0.05) is 17.5 Å². The van der Waals surface area contributed by atoms with Crippen LogP contribution in [-0.4, -0.2) is 45.8 Å². The van der Waals surface area contributed by atoms with Gasteiger partial charge < -0.3 is 23.8 Å². The zero-order chi connectivity index (χ0) is 22.0. The molecular weight excluding hydrogens is 414 g/mol. The van der Waals surface area contributed by atoms with E-state index in [-0.39, 0.29) is 11.9 Å². The fourth-order valence-electron chi connectivity index (χ4n) is 4.05. The van der Waals surface area contributed by atoms with E-state index in [4.69, 9.17) is 18.9 Å². The standard InChI is InChI=1S/C24H25NO5S/c1-27-16-7-8-17(19(13-16)28-2)24(26)25-10-9-15-12-20(29-3)21(30-4)14-18(15)23(25)22-6-5-11-31-22/h5-8,11-14,23H,9-10H2,1-4H3. The van der Waals surface area contributed by atoms with E-state index in [0.717, 1.165) is 22.4 Å². The van der Waals surface area contributed by atoms with Crippen LogP contribution in [0.15, 0.2) is 47.8 Å². The van der Waals surface area contributed by atoms with Gasteiger partial charge in [-0.15, -0.1) is 11.3 Å². The van der Waals surface area contributed by atoms with Crippen LogP contribution in [0, 0.1) is 0 Å². The Morgan fingerprint density at radius 3 is 2.32 bits per heavy atom. The maximum Gasteiger partial charge on any atom is 0.258 e. The smallest absolute Gasteiger partial charge is 0.258 e. The highest BCUT2D eigenvalue weighted by Crippen LogP contribution is 2.43. The van der Waals surface area contributed by atoms with Crippen molar-refractivity contribution >= 4 is 17.2 Å². The van der Waals surface area contributed by atoms with E-state index in [1.165, 1.54) is 0 Å². The maximum atomic E-state index is 13.7. The van der Waals surface area contributed by atoms with Crippen LogP contribution in [0.1, 0.15) is 32.4 Å². The van der Waals surface area contributed by atoms with Gasteiger partial charge in [0.25, 0.3) is 5.91 Å². The van der Waals surface area contributed by atoms with Crippen LogP contribution < -0.4 is 18.9 Å². The number of carbonyl (C=O) groups is 1. The summed E-state index contributed by atoms with van der Waals surface area (Å²) in [6.45, 7) is 0.582. The third-order valence-corrected chi connectivity index (χ3v) is 6.51. The van der Waals surface area contributed by atoms with Gasteiger partial charge in [-0.3, -0.25) is 4.79 Å². The number of carbonyl (C=O) groups excluding carboxylic acids is 1. The summed E-state index contributed by atoms with van der Waals surface area (Å²) >= 11 is 1.63. The molecule has 3 aromatic rings. The van der Waals surface area contributed by atoms with E-state index >= 15 is 0 Å². The topological polar surface area (TPSA) is 57.2 Å². The Balaban J connectivity index is 1.81. The molecule has 1 atom stereocenters. The highest BCUT2D eigenvalue weighted by atomic mass is 32.1. The van der Waals surface area contributed by atoms with Crippen molar-refractivity contribution in [3.63, 3.8) is 0 Å². The molecule has 0 fully saturated rings. The van der Waals surface area contributed by atoms with Gasteiger partial charge in [-0.1, -0.05) is 6.07 Å². The number of hydrogen-bond donors (Lipinski definition) is 0. The molecule has 0 radical (unpaired) electrons. The average Bonchev–Trinajstić information content (AvgIpc) is 3.35. The molecule has 31 heavy (non-hydrogen) atoms. The second-order valence-corrected chi connectivity index (χ2v) is 8.12. The van der Waals surface area contributed by atoms with Crippen LogP contribution >= 0.6 is 11.3 Å². The number of thiophene rings is 1. The molecule has 0 bridgehead atoms. The molecule has 1 amide bonds. The largest absolute Gasteiger partial charge is 0.497 e. The van der Waals surface area contributed by atoms with Crippen molar-refractivity contribution in [2.24, 2.45) is 0 Å². The Hall–Kier alpha value is -3.19. The molecule has 4 rings (SSSR count). The number of nitrogens with zero attached hydrogens (tertiary/aromatic N) is 1. The highest BCUT2D eigenvalue weighted by Gasteiger charge is 2.35. The molecule has 2 heterocycles. The number of ether oxygens (including phenoxy) is 4. The van der Waals surface area contributed by atoms with Gasteiger partial charge in [0.2, 0.25) is 0 Å². The van der Waals surface area contributed by atoms with E-state index < -0.39 is 0 Å². The lowest BCUT2D eigenvalue weighted by molar-refractivity contribution is 0.0693. The van der Waals surface area contributed by atoms with E-state index in [2.05, 4.69) is 6.07 Å². The van der Waals surface area contributed by atoms with Crippen LogP contribution in [-0.2, 0) is 6.42 Å². The lowest BCUT2D eigenvalue weighted by atomic mass is 9.90. The molecule has 0 saturated carbocycles. The van der Waals surface area contributed by atoms with Crippen molar-refractivity contribution in [3.05, 3.63) is 69.4 Å². The van der Waals surface area contributed by atoms with E-state index in [1.54, 1.807) is 58.0 Å². The molecule has 162 valence electrons. The van der Waals surface area contributed by atoms with E-state index in [9.17, 15) is 4.79 Å². The van der Waals surface area contributed by atoms with Gasteiger partial charge >= 0.3 is 0 Å². The molecule has 0 saturated heterocycles. The second kappa shape index (κ2) is 8.89. The minimum absolute atomic E-state index is 0.0849. The summed E-state index contributed by atoms with van der Waals surface area (Å²) in [5.41, 5.74) is 2.71. The summed E-state index contributed by atoms with van der Waals surface area (Å²) in [5, 5.41) is 2.03. The molecule has 1 aliphatic rings. The Bertz CT molecular complexity index is 1080. The van der Waals surface area contributed by atoms with Gasteiger partial charge in [-0.05, 0) is 53.3 Å². The number of amides is 1. The first-order valence-electron chi connectivity index (χ1n) is 9.92. The van der Waals surface area contributed by atoms with Crippen molar-refractivity contribution in [3.8, 4) is 23.0 Å². The summed E-state index contributed by atoms with van der Waals surface area (Å²) in [5.74, 6) is 2.40. The molecule has 0 spiro atoms. The van der Waals surface area contributed by atoms with Crippen molar-refractivity contribution in [2.75, 3.05) is 35.0 Å². The summed E-state index contributed by atoms with van der Waals surface area (Å²) in [6.07, 6.45) is 0.724. The summed E-state index contributed by atoms with van der Waals surface area (Å²) in [7, 11) is 6.41. The molecule has 1 aromatic heterocycles. The number of hydrogen-bond acceptors (Lipinski definition) is 6. The third kappa shape index (κ3) is 3.81. The summed E-state index contributed by atoms with van der Waals surface area (Å²) in [4.78, 5) is 16.7. The SMILES string of the molecule is COc1ccc(C(=O)N2CCc3cc(OC)c(OC)cc3C2c2cccs2)c(OC)c1.